The minimum atomic E-state index is 0.447. The van der Waals surface area contributed by atoms with Crippen molar-refractivity contribution in [1.29, 1.82) is 0 Å². The minimum Gasteiger partial charge on any atom is -0.316 e. The van der Waals surface area contributed by atoms with Gasteiger partial charge in [0.15, 0.2) is 0 Å². The number of piperidine rings is 1. The van der Waals surface area contributed by atoms with E-state index in [1.165, 1.54) is 12.8 Å². The summed E-state index contributed by atoms with van der Waals surface area (Å²) in [4.78, 5) is 8.68. The minimum absolute atomic E-state index is 0.447. The first kappa shape index (κ1) is 12.6. The molecule has 0 bridgehead atoms. The lowest BCUT2D eigenvalue weighted by Crippen LogP contribution is -2.29. The average molecular weight is 274 g/mol. The molecule has 1 N–H and O–H groups in total. The summed E-state index contributed by atoms with van der Waals surface area (Å²) in [6.07, 6.45) is 5.86. The van der Waals surface area contributed by atoms with Gasteiger partial charge in [-0.05, 0) is 25.5 Å². The highest BCUT2D eigenvalue weighted by molar-refractivity contribution is 6.33. The van der Waals surface area contributed by atoms with E-state index in [9.17, 15) is 0 Å². The second kappa shape index (κ2) is 5.68. The molecule has 1 aromatic heterocycles. The highest BCUT2D eigenvalue weighted by Crippen LogP contribution is 2.34. The fourth-order valence-electron chi connectivity index (χ4n) is 2.64. The fraction of sp³-hybridized carbons (Fsp3) is 0.333. The molecule has 4 heteroatoms. The lowest BCUT2D eigenvalue weighted by atomic mass is 9.91. The van der Waals surface area contributed by atoms with Gasteiger partial charge in [-0.25, -0.2) is 9.97 Å². The molecule has 1 atom stereocenters. The van der Waals surface area contributed by atoms with Gasteiger partial charge < -0.3 is 5.32 Å². The zero-order valence-corrected chi connectivity index (χ0v) is 11.4. The Morgan fingerprint density at radius 3 is 2.89 bits per heavy atom. The largest absolute Gasteiger partial charge is 0.316 e. The summed E-state index contributed by atoms with van der Waals surface area (Å²) in [5, 5.41) is 4.19. The standard InChI is InChI=1S/C15H16ClN3/c16-14-6-2-1-5-12(14)13-9-18-10-19-15(13)11-4-3-7-17-8-11/h1-2,5-6,9-11,17H,3-4,7-8H2/t11-/m0/s1. The Kier molecular flexibility index (Phi) is 3.76. The molecule has 19 heavy (non-hydrogen) atoms. The molecule has 0 spiro atoms. The van der Waals surface area contributed by atoms with Crippen molar-refractivity contribution in [2.45, 2.75) is 18.8 Å². The van der Waals surface area contributed by atoms with Crippen molar-refractivity contribution >= 4 is 11.6 Å². The van der Waals surface area contributed by atoms with Crippen molar-refractivity contribution in [1.82, 2.24) is 15.3 Å². The van der Waals surface area contributed by atoms with Gasteiger partial charge in [-0.2, -0.15) is 0 Å². The molecule has 0 unspecified atom stereocenters. The topological polar surface area (TPSA) is 37.8 Å². The fourth-order valence-corrected chi connectivity index (χ4v) is 2.87. The van der Waals surface area contributed by atoms with Crippen LogP contribution >= 0.6 is 11.6 Å². The van der Waals surface area contributed by atoms with E-state index in [0.717, 1.165) is 34.9 Å². The van der Waals surface area contributed by atoms with E-state index in [-0.39, 0.29) is 0 Å². The first-order valence-electron chi connectivity index (χ1n) is 6.62. The van der Waals surface area contributed by atoms with Gasteiger partial charge in [0.2, 0.25) is 0 Å². The number of nitrogens with zero attached hydrogens (tertiary/aromatic N) is 2. The summed E-state index contributed by atoms with van der Waals surface area (Å²) in [5.41, 5.74) is 3.18. The second-order valence-corrected chi connectivity index (χ2v) is 5.25. The number of nitrogens with one attached hydrogen (secondary N) is 1. The molecule has 1 fully saturated rings. The van der Waals surface area contributed by atoms with Gasteiger partial charge in [0.25, 0.3) is 0 Å². The molecule has 3 rings (SSSR count). The third kappa shape index (κ3) is 2.62. The van der Waals surface area contributed by atoms with Gasteiger partial charge in [0.1, 0.15) is 6.33 Å². The van der Waals surface area contributed by atoms with Crippen LogP contribution in [0.4, 0.5) is 0 Å². The Hall–Kier alpha value is -1.45. The molecule has 0 radical (unpaired) electrons. The Balaban J connectivity index is 2.04. The molecule has 2 aromatic rings. The summed E-state index contributed by atoms with van der Waals surface area (Å²) >= 11 is 6.30. The Morgan fingerprint density at radius 2 is 2.11 bits per heavy atom. The molecule has 1 aromatic carbocycles. The molecular weight excluding hydrogens is 258 g/mol. The van der Waals surface area contributed by atoms with Gasteiger partial charge in [-0.3, -0.25) is 0 Å². The first-order valence-corrected chi connectivity index (χ1v) is 6.99. The number of aromatic nitrogens is 2. The van der Waals surface area contributed by atoms with Crippen molar-refractivity contribution in [2.24, 2.45) is 0 Å². The molecule has 1 aliphatic heterocycles. The van der Waals surface area contributed by atoms with Crippen LogP contribution in [0.3, 0.4) is 0 Å². The Labute approximate surface area is 118 Å². The third-order valence-corrected chi connectivity index (χ3v) is 3.92. The van der Waals surface area contributed by atoms with Crippen molar-refractivity contribution in [2.75, 3.05) is 13.1 Å². The summed E-state index contributed by atoms with van der Waals surface area (Å²) in [6, 6.07) is 7.88. The predicted molar refractivity (Wildman–Crippen MR) is 77.3 cm³/mol. The maximum Gasteiger partial charge on any atom is 0.115 e. The van der Waals surface area contributed by atoms with E-state index in [1.54, 1.807) is 6.33 Å². The zero-order chi connectivity index (χ0) is 13.1. The van der Waals surface area contributed by atoms with E-state index in [1.807, 2.05) is 30.5 Å². The molecule has 2 heterocycles. The number of hydrogen-bond acceptors (Lipinski definition) is 3. The highest BCUT2D eigenvalue weighted by atomic mass is 35.5. The molecule has 98 valence electrons. The normalized spacial score (nSPS) is 19.3. The van der Waals surface area contributed by atoms with E-state index in [0.29, 0.717) is 5.92 Å². The summed E-state index contributed by atoms with van der Waals surface area (Å²) in [5.74, 6) is 0.447. The second-order valence-electron chi connectivity index (χ2n) is 4.84. The van der Waals surface area contributed by atoms with Crippen LogP contribution in [-0.2, 0) is 0 Å². The van der Waals surface area contributed by atoms with Crippen LogP contribution in [0.2, 0.25) is 5.02 Å². The van der Waals surface area contributed by atoms with Crippen LogP contribution in [0.15, 0.2) is 36.8 Å². The smallest absolute Gasteiger partial charge is 0.115 e. The van der Waals surface area contributed by atoms with Gasteiger partial charge in [0, 0.05) is 34.8 Å². The summed E-state index contributed by atoms with van der Waals surface area (Å²) in [7, 11) is 0. The van der Waals surface area contributed by atoms with Crippen molar-refractivity contribution in [3.8, 4) is 11.1 Å². The van der Waals surface area contributed by atoms with Crippen LogP contribution < -0.4 is 5.32 Å². The molecule has 0 amide bonds. The molecule has 1 saturated heterocycles. The van der Waals surface area contributed by atoms with Crippen LogP contribution in [0.5, 0.6) is 0 Å². The van der Waals surface area contributed by atoms with Crippen molar-refractivity contribution < 1.29 is 0 Å². The van der Waals surface area contributed by atoms with Gasteiger partial charge in [0.05, 0.1) is 5.69 Å². The lowest BCUT2D eigenvalue weighted by molar-refractivity contribution is 0.455. The molecule has 0 aliphatic carbocycles. The Bertz CT molecular complexity index is 565. The highest BCUT2D eigenvalue weighted by Gasteiger charge is 2.21. The SMILES string of the molecule is Clc1ccccc1-c1cncnc1[C@H]1CCCNC1. The lowest BCUT2D eigenvalue weighted by Gasteiger charge is -2.24. The number of halogens is 1. The predicted octanol–water partition coefficient (Wildman–Crippen LogP) is 3.26. The van der Waals surface area contributed by atoms with Crippen LogP contribution in [0.1, 0.15) is 24.5 Å². The summed E-state index contributed by atoms with van der Waals surface area (Å²) in [6.45, 7) is 2.08. The zero-order valence-electron chi connectivity index (χ0n) is 10.6. The van der Waals surface area contributed by atoms with E-state index in [4.69, 9.17) is 11.6 Å². The maximum atomic E-state index is 6.30. The van der Waals surface area contributed by atoms with E-state index >= 15 is 0 Å². The number of hydrogen-bond donors (Lipinski definition) is 1. The molecule has 1 aliphatic rings. The van der Waals surface area contributed by atoms with Gasteiger partial charge >= 0.3 is 0 Å². The van der Waals surface area contributed by atoms with Crippen molar-refractivity contribution in [3.63, 3.8) is 0 Å². The monoisotopic (exact) mass is 273 g/mol. The van der Waals surface area contributed by atoms with Crippen molar-refractivity contribution in [3.05, 3.63) is 47.5 Å². The van der Waals surface area contributed by atoms with E-state index in [2.05, 4.69) is 15.3 Å². The van der Waals surface area contributed by atoms with Gasteiger partial charge in [-0.15, -0.1) is 0 Å². The van der Waals surface area contributed by atoms with Crippen LogP contribution in [0, 0.1) is 0 Å². The molecule has 0 saturated carbocycles. The number of rotatable bonds is 2. The average Bonchev–Trinajstić information content (AvgIpc) is 2.49. The third-order valence-electron chi connectivity index (χ3n) is 3.59. The van der Waals surface area contributed by atoms with Crippen LogP contribution in [-0.4, -0.2) is 23.1 Å². The quantitative estimate of drug-likeness (QED) is 0.913. The molecular formula is C15H16ClN3. The summed E-state index contributed by atoms with van der Waals surface area (Å²) < 4.78 is 0. The Morgan fingerprint density at radius 1 is 1.21 bits per heavy atom. The maximum absolute atomic E-state index is 6.30. The molecule has 3 nitrogen and oxygen atoms in total. The van der Waals surface area contributed by atoms with Crippen LogP contribution in [0.25, 0.3) is 11.1 Å². The number of benzene rings is 1. The van der Waals surface area contributed by atoms with E-state index < -0.39 is 0 Å². The first-order chi connectivity index (χ1) is 9.36. The van der Waals surface area contributed by atoms with Gasteiger partial charge in [-0.1, -0.05) is 29.8 Å².